The summed E-state index contributed by atoms with van der Waals surface area (Å²) >= 11 is 0. The molecular weight excluding hydrogens is 413 g/mol. The van der Waals surface area contributed by atoms with Crippen molar-refractivity contribution in [3.8, 4) is 0 Å². The van der Waals surface area contributed by atoms with E-state index in [0.717, 1.165) is 30.1 Å². The molecule has 1 aliphatic heterocycles. The number of fused-ring (bicyclic) bond motifs is 1. The van der Waals surface area contributed by atoms with Crippen molar-refractivity contribution in [2.75, 3.05) is 31.1 Å². The molecule has 1 amide bonds. The predicted octanol–water partition coefficient (Wildman–Crippen LogP) is 1.95. The molecule has 8 nitrogen and oxygen atoms in total. The number of aromatic nitrogens is 4. The van der Waals surface area contributed by atoms with Gasteiger partial charge in [0.1, 0.15) is 12.1 Å². The smallest absolute Gasteiger partial charge is 0.227 e. The number of amides is 1. The average molecular weight is 438 g/mol. The van der Waals surface area contributed by atoms with Crippen LogP contribution in [-0.2, 0) is 4.79 Å². The fraction of sp³-hybridized carbons (Fsp3) is 0.368. The van der Waals surface area contributed by atoms with Crippen LogP contribution in [0.15, 0.2) is 48.8 Å². The second-order valence-electron chi connectivity index (χ2n) is 6.86. The van der Waals surface area contributed by atoms with Crippen LogP contribution in [0.1, 0.15) is 18.5 Å². The maximum absolute atomic E-state index is 12.9. The van der Waals surface area contributed by atoms with Crippen LogP contribution < -0.4 is 10.6 Å². The Morgan fingerprint density at radius 2 is 1.72 bits per heavy atom. The summed E-state index contributed by atoms with van der Waals surface area (Å²) < 4.78 is 1.66. The van der Waals surface area contributed by atoms with Crippen LogP contribution in [-0.4, -0.2) is 56.8 Å². The second kappa shape index (κ2) is 9.87. The normalized spacial score (nSPS) is 15.9. The monoisotopic (exact) mass is 437 g/mol. The SMILES string of the molecule is CC(C(=O)N1CCN(c2ccc3nncn3n2)CC1)C(N)c1ccccc1.Cl.Cl. The number of nitrogens with zero attached hydrogens (tertiary/aromatic N) is 6. The lowest BCUT2D eigenvalue weighted by atomic mass is 9.94. The molecule has 1 aliphatic rings. The van der Waals surface area contributed by atoms with E-state index in [1.807, 2.05) is 54.3 Å². The zero-order valence-corrected chi connectivity index (χ0v) is 17.7. The highest BCUT2D eigenvalue weighted by molar-refractivity contribution is 5.85. The largest absolute Gasteiger partial charge is 0.352 e. The van der Waals surface area contributed by atoms with Gasteiger partial charge in [0.2, 0.25) is 5.91 Å². The second-order valence-corrected chi connectivity index (χ2v) is 6.86. The Kier molecular flexibility index (Phi) is 7.78. The summed E-state index contributed by atoms with van der Waals surface area (Å²) in [5.41, 5.74) is 8.03. The van der Waals surface area contributed by atoms with Gasteiger partial charge in [0.15, 0.2) is 5.65 Å². The quantitative estimate of drug-likeness (QED) is 0.670. The van der Waals surface area contributed by atoms with Crippen LogP contribution >= 0.6 is 24.8 Å². The van der Waals surface area contributed by atoms with Gasteiger partial charge in [0.25, 0.3) is 0 Å². The number of carbonyl (C=O) groups excluding carboxylic acids is 1. The molecule has 2 unspecified atom stereocenters. The molecule has 4 rings (SSSR count). The van der Waals surface area contributed by atoms with Gasteiger partial charge in [0, 0.05) is 32.2 Å². The van der Waals surface area contributed by atoms with Crippen molar-refractivity contribution >= 4 is 42.2 Å². The number of halogens is 2. The molecule has 1 saturated heterocycles. The van der Waals surface area contributed by atoms with Crippen molar-refractivity contribution in [2.45, 2.75) is 13.0 Å². The molecule has 0 bridgehead atoms. The molecule has 2 atom stereocenters. The minimum Gasteiger partial charge on any atom is -0.352 e. The number of benzene rings is 1. The molecule has 2 N–H and O–H groups in total. The van der Waals surface area contributed by atoms with Crippen molar-refractivity contribution in [2.24, 2.45) is 11.7 Å². The van der Waals surface area contributed by atoms with Gasteiger partial charge in [-0.25, -0.2) is 0 Å². The molecular formula is C19H25Cl2N7O. The molecule has 156 valence electrons. The number of carbonyl (C=O) groups is 1. The highest BCUT2D eigenvalue weighted by Gasteiger charge is 2.29. The molecule has 2 aromatic heterocycles. The number of hydrogen-bond acceptors (Lipinski definition) is 6. The van der Waals surface area contributed by atoms with Crippen LogP contribution in [0.5, 0.6) is 0 Å². The Morgan fingerprint density at radius 1 is 1.03 bits per heavy atom. The fourth-order valence-electron chi connectivity index (χ4n) is 3.45. The minimum atomic E-state index is -0.297. The van der Waals surface area contributed by atoms with Crippen LogP contribution in [0.25, 0.3) is 5.65 Å². The number of nitrogens with two attached hydrogens (primary N) is 1. The Hall–Kier alpha value is -2.42. The molecule has 3 heterocycles. The first-order valence-corrected chi connectivity index (χ1v) is 9.15. The van der Waals surface area contributed by atoms with E-state index < -0.39 is 0 Å². The van der Waals surface area contributed by atoms with E-state index in [1.165, 1.54) is 0 Å². The first kappa shape index (κ1) is 22.9. The summed E-state index contributed by atoms with van der Waals surface area (Å²) in [7, 11) is 0. The van der Waals surface area contributed by atoms with Gasteiger partial charge in [-0.3, -0.25) is 4.79 Å². The number of anilines is 1. The predicted molar refractivity (Wildman–Crippen MR) is 117 cm³/mol. The summed E-state index contributed by atoms with van der Waals surface area (Å²) in [6.45, 7) is 4.70. The van der Waals surface area contributed by atoms with Crippen LogP contribution in [0.4, 0.5) is 5.82 Å². The van der Waals surface area contributed by atoms with Crippen LogP contribution in [0, 0.1) is 5.92 Å². The zero-order valence-electron chi connectivity index (χ0n) is 16.1. The maximum Gasteiger partial charge on any atom is 0.227 e. The minimum absolute atomic E-state index is 0. The maximum atomic E-state index is 12.9. The molecule has 0 saturated carbocycles. The Balaban J connectivity index is 0.00000150. The topological polar surface area (TPSA) is 92.7 Å². The van der Waals surface area contributed by atoms with Crippen LogP contribution in [0.3, 0.4) is 0 Å². The van der Waals surface area contributed by atoms with E-state index in [4.69, 9.17) is 5.73 Å². The van der Waals surface area contributed by atoms with Gasteiger partial charge in [-0.1, -0.05) is 37.3 Å². The summed E-state index contributed by atoms with van der Waals surface area (Å²) in [5, 5.41) is 12.3. The molecule has 0 radical (unpaired) electrons. The van der Waals surface area contributed by atoms with E-state index in [0.29, 0.717) is 13.1 Å². The lowest BCUT2D eigenvalue weighted by Gasteiger charge is -2.37. The first-order valence-electron chi connectivity index (χ1n) is 9.15. The third kappa shape index (κ3) is 4.77. The lowest BCUT2D eigenvalue weighted by Crippen LogP contribution is -2.51. The van der Waals surface area contributed by atoms with Crippen LogP contribution in [0.2, 0.25) is 0 Å². The molecule has 3 aromatic rings. The third-order valence-corrected chi connectivity index (χ3v) is 5.18. The number of rotatable bonds is 4. The van der Waals surface area contributed by atoms with E-state index >= 15 is 0 Å². The highest BCUT2D eigenvalue weighted by Crippen LogP contribution is 2.22. The summed E-state index contributed by atoms with van der Waals surface area (Å²) in [6, 6.07) is 13.3. The van der Waals surface area contributed by atoms with E-state index in [1.54, 1.807) is 10.8 Å². The number of hydrogen-bond donors (Lipinski definition) is 1. The molecule has 1 aromatic carbocycles. The van der Waals surface area contributed by atoms with Gasteiger partial charge < -0.3 is 15.5 Å². The summed E-state index contributed by atoms with van der Waals surface area (Å²) in [4.78, 5) is 17.0. The Labute approximate surface area is 181 Å². The van der Waals surface area contributed by atoms with Crippen molar-refractivity contribution < 1.29 is 4.79 Å². The summed E-state index contributed by atoms with van der Waals surface area (Å²) in [5.74, 6) is 0.710. The van der Waals surface area contributed by atoms with E-state index in [2.05, 4.69) is 20.2 Å². The van der Waals surface area contributed by atoms with Crippen molar-refractivity contribution in [1.29, 1.82) is 0 Å². The molecule has 0 spiro atoms. The lowest BCUT2D eigenvalue weighted by molar-refractivity contribution is -0.136. The zero-order chi connectivity index (χ0) is 18.8. The van der Waals surface area contributed by atoms with Gasteiger partial charge in [-0.15, -0.1) is 40.1 Å². The molecule has 10 heteroatoms. The highest BCUT2D eigenvalue weighted by atomic mass is 35.5. The van der Waals surface area contributed by atoms with Gasteiger partial charge in [-0.2, -0.15) is 4.52 Å². The van der Waals surface area contributed by atoms with Gasteiger partial charge in [-0.05, 0) is 17.7 Å². The van der Waals surface area contributed by atoms with Crippen molar-refractivity contribution in [3.63, 3.8) is 0 Å². The average Bonchev–Trinajstić information content (AvgIpc) is 3.21. The number of piperazine rings is 1. The Bertz CT molecular complexity index is 928. The molecule has 1 fully saturated rings. The standard InChI is InChI=1S/C19H23N7O.2ClH/c1-14(18(20)15-5-3-2-4-6-15)19(27)25-11-9-24(10-12-25)17-8-7-16-22-21-13-26(16)23-17;;/h2-8,13-14,18H,9-12,20H2,1H3;2*1H. The molecule has 29 heavy (non-hydrogen) atoms. The van der Waals surface area contributed by atoms with Gasteiger partial charge in [0.05, 0.1) is 5.92 Å². The summed E-state index contributed by atoms with van der Waals surface area (Å²) in [6.07, 6.45) is 1.59. The first-order chi connectivity index (χ1) is 13.1. The van der Waals surface area contributed by atoms with Crippen molar-refractivity contribution in [1.82, 2.24) is 24.7 Å². The van der Waals surface area contributed by atoms with Crippen molar-refractivity contribution in [3.05, 3.63) is 54.4 Å². The third-order valence-electron chi connectivity index (χ3n) is 5.18. The van der Waals surface area contributed by atoms with Gasteiger partial charge >= 0.3 is 0 Å². The Morgan fingerprint density at radius 3 is 2.41 bits per heavy atom. The molecule has 0 aliphatic carbocycles. The van der Waals surface area contributed by atoms with E-state index in [9.17, 15) is 4.79 Å². The fourth-order valence-corrected chi connectivity index (χ4v) is 3.45. The van der Waals surface area contributed by atoms with E-state index in [-0.39, 0.29) is 42.7 Å².